The van der Waals surface area contributed by atoms with Gasteiger partial charge in [0.2, 0.25) is 0 Å². The lowest BCUT2D eigenvalue weighted by Gasteiger charge is -2.09. The maximum Gasteiger partial charge on any atom is 0.131 e. The average molecular weight is 327 g/mol. The van der Waals surface area contributed by atoms with Gasteiger partial charge in [0, 0.05) is 11.1 Å². The second kappa shape index (κ2) is 7.34. The molecule has 0 saturated heterocycles. The van der Waals surface area contributed by atoms with E-state index in [-0.39, 0.29) is 0 Å². The summed E-state index contributed by atoms with van der Waals surface area (Å²) in [5.74, 6) is 1.66. The number of nitrogens with zero attached hydrogens (tertiary/aromatic N) is 1. The summed E-state index contributed by atoms with van der Waals surface area (Å²) < 4.78 is 5.66. The van der Waals surface area contributed by atoms with Gasteiger partial charge in [0.05, 0.1) is 17.1 Å². The van der Waals surface area contributed by atoms with Gasteiger partial charge in [0.25, 0.3) is 0 Å². The van der Waals surface area contributed by atoms with Crippen LogP contribution in [0, 0.1) is 0 Å². The first-order valence-electron chi connectivity index (χ1n) is 7.81. The lowest BCUT2D eigenvalue weighted by Crippen LogP contribution is -1.97. The molecule has 1 aromatic heterocycles. The Balaban J connectivity index is 1.73. The molecule has 0 bridgehead atoms. The van der Waals surface area contributed by atoms with Gasteiger partial charge in [-0.15, -0.1) is 0 Å². The number of hydrogen-bond donors (Lipinski definition) is 1. The maximum absolute atomic E-state index is 6.21. The number of rotatable bonds is 6. The average Bonchev–Trinajstić information content (AvgIpc) is 2.57. The Hall–Kier alpha value is -2.26. The van der Waals surface area contributed by atoms with Gasteiger partial charge < -0.3 is 10.1 Å². The van der Waals surface area contributed by atoms with Crippen molar-refractivity contribution in [2.24, 2.45) is 0 Å². The Bertz CT molecular complexity index is 787. The van der Waals surface area contributed by atoms with E-state index in [4.69, 9.17) is 16.3 Å². The van der Waals surface area contributed by atoms with Crippen LogP contribution in [0.3, 0.4) is 0 Å². The summed E-state index contributed by atoms with van der Waals surface area (Å²) in [7, 11) is 0. The second-order valence-corrected chi connectivity index (χ2v) is 5.77. The van der Waals surface area contributed by atoms with Crippen LogP contribution in [0.1, 0.15) is 19.8 Å². The van der Waals surface area contributed by atoms with Crippen LogP contribution in [-0.2, 0) is 0 Å². The molecule has 0 spiro atoms. The Morgan fingerprint density at radius 2 is 1.87 bits per heavy atom. The van der Waals surface area contributed by atoms with Gasteiger partial charge >= 0.3 is 0 Å². The molecule has 4 heteroatoms. The highest BCUT2D eigenvalue weighted by Crippen LogP contribution is 2.25. The van der Waals surface area contributed by atoms with Crippen molar-refractivity contribution in [1.29, 1.82) is 0 Å². The van der Waals surface area contributed by atoms with Crippen molar-refractivity contribution < 1.29 is 4.74 Å². The Morgan fingerprint density at radius 3 is 2.65 bits per heavy atom. The van der Waals surface area contributed by atoms with Crippen LogP contribution in [-0.4, -0.2) is 11.6 Å². The highest BCUT2D eigenvalue weighted by molar-refractivity contribution is 6.35. The first-order chi connectivity index (χ1) is 11.3. The zero-order valence-electron chi connectivity index (χ0n) is 13.1. The number of halogens is 1. The SMILES string of the molecule is CCCCOc1ccc(Nc2ccc3cccc(Cl)c3n2)cc1. The van der Waals surface area contributed by atoms with Gasteiger partial charge in [0.1, 0.15) is 11.6 Å². The summed E-state index contributed by atoms with van der Waals surface area (Å²) in [6.07, 6.45) is 2.21. The quantitative estimate of drug-likeness (QED) is 0.580. The molecule has 0 fully saturated rings. The Kier molecular flexibility index (Phi) is 4.99. The number of aromatic nitrogens is 1. The molecular formula is C19H19ClN2O. The first-order valence-corrected chi connectivity index (χ1v) is 8.19. The minimum absolute atomic E-state index is 0.658. The summed E-state index contributed by atoms with van der Waals surface area (Å²) >= 11 is 6.21. The summed E-state index contributed by atoms with van der Waals surface area (Å²) in [5, 5.41) is 4.98. The predicted octanol–water partition coefficient (Wildman–Crippen LogP) is 5.81. The molecule has 0 aliphatic rings. The van der Waals surface area contributed by atoms with Crippen LogP contribution in [0.15, 0.2) is 54.6 Å². The van der Waals surface area contributed by atoms with Gasteiger partial charge in [-0.25, -0.2) is 4.98 Å². The molecule has 0 aliphatic heterocycles. The topological polar surface area (TPSA) is 34.1 Å². The zero-order chi connectivity index (χ0) is 16.1. The van der Waals surface area contributed by atoms with E-state index in [1.54, 1.807) is 0 Å². The first kappa shape index (κ1) is 15.6. The molecule has 3 aromatic rings. The highest BCUT2D eigenvalue weighted by Gasteiger charge is 2.03. The summed E-state index contributed by atoms with van der Waals surface area (Å²) in [5.41, 5.74) is 1.77. The van der Waals surface area contributed by atoms with Gasteiger partial charge in [0.15, 0.2) is 0 Å². The molecule has 3 rings (SSSR count). The van der Waals surface area contributed by atoms with E-state index in [2.05, 4.69) is 17.2 Å². The van der Waals surface area contributed by atoms with Crippen molar-refractivity contribution in [2.45, 2.75) is 19.8 Å². The van der Waals surface area contributed by atoms with E-state index in [0.29, 0.717) is 5.02 Å². The maximum atomic E-state index is 6.21. The molecule has 0 amide bonds. The number of hydrogen-bond acceptors (Lipinski definition) is 3. The highest BCUT2D eigenvalue weighted by atomic mass is 35.5. The minimum Gasteiger partial charge on any atom is -0.494 e. The molecule has 3 nitrogen and oxygen atoms in total. The van der Waals surface area contributed by atoms with Gasteiger partial charge in [-0.1, -0.05) is 37.1 Å². The normalized spacial score (nSPS) is 10.7. The molecule has 0 atom stereocenters. The van der Waals surface area contributed by atoms with E-state index in [1.807, 2.05) is 54.6 Å². The standard InChI is InChI=1S/C19H19ClN2O/c1-2-3-13-23-16-10-8-15(9-11-16)21-18-12-7-14-5-4-6-17(20)19(14)22-18/h4-12H,2-3,13H2,1H3,(H,21,22). The number of nitrogens with one attached hydrogen (secondary N) is 1. The predicted molar refractivity (Wildman–Crippen MR) is 96.9 cm³/mol. The number of para-hydroxylation sites is 1. The van der Waals surface area contributed by atoms with Crippen LogP contribution in [0.4, 0.5) is 11.5 Å². The van der Waals surface area contributed by atoms with Crippen molar-refractivity contribution >= 4 is 34.0 Å². The summed E-state index contributed by atoms with van der Waals surface area (Å²) in [4.78, 5) is 4.58. The van der Waals surface area contributed by atoms with Crippen molar-refractivity contribution in [3.05, 3.63) is 59.6 Å². The number of unbranched alkanes of at least 4 members (excludes halogenated alkanes) is 1. The van der Waals surface area contributed by atoms with E-state index in [9.17, 15) is 0 Å². The second-order valence-electron chi connectivity index (χ2n) is 5.36. The van der Waals surface area contributed by atoms with Crippen LogP contribution < -0.4 is 10.1 Å². The molecule has 118 valence electrons. The van der Waals surface area contributed by atoms with Crippen LogP contribution >= 0.6 is 11.6 Å². The van der Waals surface area contributed by atoms with Gasteiger partial charge in [-0.2, -0.15) is 0 Å². The van der Waals surface area contributed by atoms with Crippen LogP contribution in [0.2, 0.25) is 5.02 Å². The monoisotopic (exact) mass is 326 g/mol. The number of anilines is 2. The van der Waals surface area contributed by atoms with E-state index in [1.165, 1.54) is 0 Å². The minimum atomic E-state index is 0.658. The fourth-order valence-corrected chi connectivity index (χ4v) is 2.52. The molecular weight excluding hydrogens is 308 g/mol. The third-order valence-electron chi connectivity index (χ3n) is 3.56. The van der Waals surface area contributed by atoms with Crippen molar-refractivity contribution in [3.8, 4) is 5.75 Å². The zero-order valence-corrected chi connectivity index (χ0v) is 13.8. The molecule has 0 radical (unpaired) electrons. The van der Waals surface area contributed by atoms with Crippen molar-refractivity contribution in [3.63, 3.8) is 0 Å². The van der Waals surface area contributed by atoms with E-state index in [0.717, 1.165) is 47.6 Å². The third-order valence-corrected chi connectivity index (χ3v) is 3.87. The lowest BCUT2D eigenvalue weighted by atomic mass is 10.2. The third kappa shape index (κ3) is 3.93. The Labute approximate surface area is 141 Å². The molecule has 0 unspecified atom stereocenters. The van der Waals surface area contributed by atoms with E-state index < -0.39 is 0 Å². The largest absolute Gasteiger partial charge is 0.494 e. The summed E-state index contributed by atoms with van der Waals surface area (Å²) in [6, 6.07) is 17.6. The van der Waals surface area contributed by atoms with Gasteiger partial charge in [-0.3, -0.25) is 0 Å². The Morgan fingerprint density at radius 1 is 1.04 bits per heavy atom. The number of pyridine rings is 1. The number of ether oxygens (including phenoxy) is 1. The summed E-state index contributed by atoms with van der Waals surface area (Å²) in [6.45, 7) is 2.91. The molecule has 0 aliphatic carbocycles. The fraction of sp³-hybridized carbons (Fsp3) is 0.211. The number of benzene rings is 2. The lowest BCUT2D eigenvalue weighted by molar-refractivity contribution is 0.309. The number of fused-ring (bicyclic) bond motifs is 1. The molecule has 1 N–H and O–H groups in total. The molecule has 0 saturated carbocycles. The van der Waals surface area contributed by atoms with E-state index >= 15 is 0 Å². The molecule has 1 heterocycles. The van der Waals surface area contributed by atoms with Gasteiger partial charge in [-0.05, 0) is 48.9 Å². The van der Waals surface area contributed by atoms with Crippen LogP contribution in [0.5, 0.6) is 5.75 Å². The molecule has 23 heavy (non-hydrogen) atoms. The molecule has 2 aromatic carbocycles. The smallest absolute Gasteiger partial charge is 0.131 e. The van der Waals surface area contributed by atoms with Crippen LogP contribution in [0.25, 0.3) is 10.9 Å². The van der Waals surface area contributed by atoms with Crippen molar-refractivity contribution in [2.75, 3.05) is 11.9 Å². The fourth-order valence-electron chi connectivity index (χ4n) is 2.30. The van der Waals surface area contributed by atoms with Crippen molar-refractivity contribution in [1.82, 2.24) is 4.98 Å².